The Morgan fingerprint density at radius 2 is 1.80 bits per heavy atom. The molecular formula is C24H23N3O3. The number of carbonyl (C=O) groups excluding carboxylic acids is 2. The predicted octanol–water partition coefficient (Wildman–Crippen LogP) is 4.55. The molecule has 4 rings (SSSR count). The van der Waals surface area contributed by atoms with Gasteiger partial charge < -0.3 is 4.74 Å². The Kier molecular flexibility index (Phi) is 5.31. The average molecular weight is 401 g/mol. The Bertz CT molecular complexity index is 1120. The van der Waals surface area contributed by atoms with Crippen molar-refractivity contribution in [3.63, 3.8) is 0 Å². The topological polar surface area (TPSA) is 72.4 Å². The Balaban J connectivity index is 1.90. The second kappa shape index (κ2) is 8.06. The normalized spacial score (nSPS) is 12.8. The molecule has 3 aromatic rings. The molecule has 0 saturated heterocycles. The van der Waals surface area contributed by atoms with Crippen LogP contribution >= 0.6 is 0 Å². The molecule has 0 unspecified atom stereocenters. The van der Waals surface area contributed by atoms with Crippen LogP contribution in [0.25, 0.3) is 11.4 Å². The first-order valence-electron chi connectivity index (χ1n) is 10.0. The van der Waals surface area contributed by atoms with E-state index in [0.717, 1.165) is 22.4 Å². The second-order valence-electron chi connectivity index (χ2n) is 7.39. The van der Waals surface area contributed by atoms with Crippen molar-refractivity contribution >= 4 is 23.4 Å². The molecule has 6 heteroatoms. The third-order valence-corrected chi connectivity index (χ3v) is 5.07. The van der Waals surface area contributed by atoms with Gasteiger partial charge in [-0.25, -0.2) is 14.8 Å². The van der Waals surface area contributed by atoms with Gasteiger partial charge in [-0.05, 0) is 31.9 Å². The molecule has 0 aliphatic carbocycles. The lowest BCUT2D eigenvalue weighted by molar-refractivity contribution is -0.116. The number of ether oxygens (including phenoxy) is 1. The van der Waals surface area contributed by atoms with Crippen molar-refractivity contribution in [3.8, 4) is 11.4 Å². The maximum atomic E-state index is 13.0. The van der Waals surface area contributed by atoms with E-state index in [0.29, 0.717) is 30.2 Å². The van der Waals surface area contributed by atoms with Crippen LogP contribution in [0.1, 0.15) is 40.5 Å². The van der Waals surface area contributed by atoms with Crippen LogP contribution in [0.2, 0.25) is 0 Å². The van der Waals surface area contributed by atoms with Gasteiger partial charge in [-0.15, -0.1) is 0 Å². The van der Waals surface area contributed by atoms with Crippen LogP contribution in [0, 0.1) is 13.8 Å². The summed E-state index contributed by atoms with van der Waals surface area (Å²) in [5, 5.41) is 0. The highest BCUT2D eigenvalue weighted by Crippen LogP contribution is 2.38. The van der Waals surface area contributed by atoms with E-state index >= 15 is 0 Å². The molecule has 152 valence electrons. The number of hydrogen-bond acceptors (Lipinski definition) is 5. The molecule has 6 nitrogen and oxygen atoms in total. The van der Waals surface area contributed by atoms with E-state index in [1.807, 2.05) is 69.3 Å². The van der Waals surface area contributed by atoms with Crippen molar-refractivity contribution in [1.82, 2.24) is 9.97 Å². The quantitative estimate of drug-likeness (QED) is 0.587. The third-order valence-electron chi connectivity index (χ3n) is 5.07. The number of aromatic nitrogens is 2. The van der Waals surface area contributed by atoms with E-state index in [1.165, 1.54) is 0 Å². The van der Waals surface area contributed by atoms with Gasteiger partial charge in [0.2, 0.25) is 5.91 Å². The molecule has 0 fully saturated rings. The fourth-order valence-electron chi connectivity index (χ4n) is 3.49. The number of para-hydroxylation sites is 1. The smallest absolute Gasteiger partial charge is 0.357 e. The van der Waals surface area contributed by atoms with Gasteiger partial charge in [0.25, 0.3) is 0 Å². The van der Waals surface area contributed by atoms with Gasteiger partial charge in [-0.3, -0.25) is 9.69 Å². The van der Waals surface area contributed by atoms with Gasteiger partial charge in [0.15, 0.2) is 11.5 Å². The van der Waals surface area contributed by atoms with Crippen molar-refractivity contribution < 1.29 is 14.3 Å². The average Bonchev–Trinajstić information content (AvgIpc) is 3.07. The first-order chi connectivity index (χ1) is 14.5. The fraction of sp³-hybridized carbons (Fsp3) is 0.250. The van der Waals surface area contributed by atoms with Crippen molar-refractivity contribution in [1.29, 1.82) is 0 Å². The number of hydrogen-bond donors (Lipinski definition) is 0. The van der Waals surface area contributed by atoms with Gasteiger partial charge in [0, 0.05) is 11.1 Å². The predicted molar refractivity (Wildman–Crippen MR) is 115 cm³/mol. The minimum absolute atomic E-state index is 0.0639. The zero-order valence-electron chi connectivity index (χ0n) is 17.3. The number of rotatable bonds is 5. The molecule has 1 amide bonds. The van der Waals surface area contributed by atoms with E-state index in [1.54, 1.807) is 4.90 Å². The number of fused-ring (bicyclic) bond motifs is 1. The molecule has 0 saturated carbocycles. The molecule has 0 bridgehead atoms. The zero-order valence-corrected chi connectivity index (χ0v) is 17.3. The maximum Gasteiger partial charge on any atom is 0.357 e. The third kappa shape index (κ3) is 3.56. The van der Waals surface area contributed by atoms with Gasteiger partial charge >= 0.3 is 5.97 Å². The first kappa shape index (κ1) is 19.8. The monoisotopic (exact) mass is 401 g/mol. The molecule has 0 N–H and O–H groups in total. The van der Waals surface area contributed by atoms with Gasteiger partial charge in [-0.1, -0.05) is 55.0 Å². The summed E-state index contributed by atoms with van der Waals surface area (Å²) >= 11 is 0. The van der Waals surface area contributed by atoms with E-state index in [4.69, 9.17) is 9.72 Å². The second-order valence-corrected chi connectivity index (χ2v) is 7.39. The van der Waals surface area contributed by atoms with Crippen LogP contribution < -0.4 is 4.90 Å². The van der Waals surface area contributed by atoms with Crippen molar-refractivity contribution in [2.24, 2.45) is 0 Å². The summed E-state index contributed by atoms with van der Waals surface area (Å²) in [6.45, 7) is 6.17. The number of anilines is 2. The summed E-state index contributed by atoms with van der Waals surface area (Å²) in [6, 6.07) is 15.4. The minimum Gasteiger partial charge on any atom is -0.461 e. The number of benzene rings is 2. The van der Waals surface area contributed by atoms with Gasteiger partial charge in [0.1, 0.15) is 5.82 Å². The van der Waals surface area contributed by atoms with E-state index < -0.39 is 5.97 Å². The Labute approximate surface area is 175 Å². The Morgan fingerprint density at radius 3 is 2.50 bits per heavy atom. The van der Waals surface area contributed by atoms with E-state index in [9.17, 15) is 9.59 Å². The van der Waals surface area contributed by atoms with Crippen LogP contribution in [0.5, 0.6) is 0 Å². The van der Waals surface area contributed by atoms with Crippen molar-refractivity contribution in [2.45, 2.75) is 33.6 Å². The summed E-state index contributed by atoms with van der Waals surface area (Å²) in [5.41, 5.74) is 4.26. The largest absolute Gasteiger partial charge is 0.461 e. The summed E-state index contributed by atoms with van der Waals surface area (Å²) in [5.74, 6) is 0.177. The Morgan fingerprint density at radius 1 is 1.07 bits per heavy atom. The lowest BCUT2D eigenvalue weighted by Crippen LogP contribution is -2.22. The molecule has 0 spiro atoms. The minimum atomic E-state index is -0.525. The Hall–Kier alpha value is -3.54. The highest BCUT2D eigenvalue weighted by atomic mass is 16.5. The SMILES string of the molecule is CCCOC(=O)c1nc(-c2ccc(C)cc2)nc2c1CC(=O)N2c1ccccc1C. The van der Waals surface area contributed by atoms with Gasteiger partial charge in [0.05, 0.1) is 18.7 Å². The first-order valence-corrected chi connectivity index (χ1v) is 10.0. The van der Waals surface area contributed by atoms with E-state index in [2.05, 4.69) is 4.98 Å². The summed E-state index contributed by atoms with van der Waals surface area (Å²) in [4.78, 5) is 36.6. The van der Waals surface area contributed by atoms with Gasteiger partial charge in [-0.2, -0.15) is 0 Å². The van der Waals surface area contributed by atoms with Crippen LogP contribution in [0.3, 0.4) is 0 Å². The molecular weight excluding hydrogens is 378 g/mol. The van der Waals surface area contributed by atoms with Crippen LogP contribution in [-0.4, -0.2) is 28.5 Å². The molecule has 0 atom stereocenters. The number of nitrogens with zero attached hydrogens (tertiary/aromatic N) is 3. The number of carbonyl (C=O) groups is 2. The number of aryl methyl sites for hydroxylation is 2. The van der Waals surface area contributed by atoms with Crippen LogP contribution in [0.4, 0.5) is 11.5 Å². The molecule has 30 heavy (non-hydrogen) atoms. The van der Waals surface area contributed by atoms with E-state index in [-0.39, 0.29) is 18.0 Å². The van der Waals surface area contributed by atoms with Crippen molar-refractivity contribution in [3.05, 3.63) is 70.9 Å². The molecule has 1 aliphatic rings. The zero-order chi connectivity index (χ0) is 21.3. The number of esters is 1. The highest BCUT2D eigenvalue weighted by Gasteiger charge is 2.36. The van der Waals surface area contributed by atoms with Crippen molar-refractivity contribution in [2.75, 3.05) is 11.5 Å². The van der Waals surface area contributed by atoms with Crippen LogP contribution in [0.15, 0.2) is 48.5 Å². The fourth-order valence-corrected chi connectivity index (χ4v) is 3.49. The maximum absolute atomic E-state index is 13.0. The lowest BCUT2D eigenvalue weighted by Gasteiger charge is -2.19. The number of amides is 1. The van der Waals surface area contributed by atoms with Crippen LogP contribution in [-0.2, 0) is 16.0 Å². The standard InChI is InChI=1S/C24H23N3O3/c1-4-13-30-24(29)21-18-14-20(28)27(19-8-6-5-7-16(19)3)23(18)26-22(25-21)17-11-9-15(2)10-12-17/h5-12H,4,13-14H2,1-3H3. The highest BCUT2D eigenvalue weighted by molar-refractivity contribution is 6.09. The lowest BCUT2D eigenvalue weighted by atomic mass is 10.1. The molecule has 2 heterocycles. The molecule has 0 radical (unpaired) electrons. The summed E-state index contributed by atoms with van der Waals surface area (Å²) in [7, 11) is 0. The molecule has 1 aliphatic heterocycles. The summed E-state index contributed by atoms with van der Waals surface area (Å²) in [6.07, 6.45) is 0.770. The molecule has 2 aromatic carbocycles. The molecule has 1 aromatic heterocycles. The summed E-state index contributed by atoms with van der Waals surface area (Å²) < 4.78 is 5.35.